The van der Waals surface area contributed by atoms with Gasteiger partial charge in [-0.25, -0.2) is 9.97 Å². The smallest absolute Gasteiger partial charge is 0.0737 e. The molecule has 8 nitrogen and oxygen atoms in total. The zero-order chi connectivity index (χ0) is 35.3. The normalized spacial score (nSPS) is 12.0. The first-order chi connectivity index (χ1) is 25.4. The number of hydrogen-bond donors (Lipinski definition) is 2. The van der Waals surface area contributed by atoms with Crippen molar-refractivity contribution in [3.63, 3.8) is 0 Å². The lowest BCUT2D eigenvalue weighted by molar-refractivity contribution is -0.268. The van der Waals surface area contributed by atoms with Gasteiger partial charge in [0.2, 0.25) is 0 Å². The van der Waals surface area contributed by atoms with Crippen molar-refractivity contribution in [2.45, 2.75) is 0 Å². The van der Waals surface area contributed by atoms with Crippen molar-refractivity contribution < 1.29 is 20.4 Å². The predicted octanol–water partition coefficient (Wildman–Crippen LogP) is 7.62. The second kappa shape index (κ2) is 12.2. The Labute approximate surface area is 297 Å². The summed E-state index contributed by atoms with van der Waals surface area (Å²) in [5.41, 5.74) is 12.1. The van der Waals surface area contributed by atoms with Crippen LogP contribution in [0.4, 0.5) is 0 Å². The fourth-order valence-corrected chi connectivity index (χ4v) is 6.91. The first-order valence-electron chi connectivity index (χ1n) is 16.6. The number of hydrogen-bond acceptors (Lipinski definition) is 6. The first-order valence-corrected chi connectivity index (χ1v) is 16.6. The van der Waals surface area contributed by atoms with Crippen molar-refractivity contribution in [1.82, 2.24) is 19.9 Å². The summed E-state index contributed by atoms with van der Waals surface area (Å²) in [4.78, 5) is 17.6. The van der Waals surface area contributed by atoms with Gasteiger partial charge in [0.1, 0.15) is 0 Å². The Morgan fingerprint density at radius 1 is 0.288 bits per heavy atom. The lowest BCUT2D eigenvalue weighted by atomic mass is 10.0. The van der Waals surface area contributed by atoms with Crippen LogP contribution in [0.3, 0.4) is 0 Å². The highest BCUT2D eigenvalue weighted by Gasteiger charge is 2.18. The van der Waals surface area contributed by atoms with E-state index in [1.165, 1.54) is 48.5 Å². The number of H-pyrrole nitrogens is 2. The van der Waals surface area contributed by atoms with Gasteiger partial charge in [-0.15, -0.1) is 23.0 Å². The first kappa shape index (κ1) is 30.7. The van der Waals surface area contributed by atoms with E-state index in [0.29, 0.717) is 22.8 Å². The zero-order valence-electron chi connectivity index (χ0n) is 27.4. The summed E-state index contributed by atoms with van der Waals surface area (Å²) in [5.74, 6) is -0.402. The molecule has 9 rings (SSSR count). The van der Waals surface area contributed by atoms with Gasteiger partial charge in [0.15, 0.2) is 0 Å². The van der Waals surface area contributed by atoms with Crippen molar-refractivity contribution in [1.29, 1.82) is 0 Å². The summed E-state index contributed by atoms with van der Waals surface area (Å²) in [5, 5.41) is 48.7. The molecule has 5 heterocycles. The van der Waals surface area contributed by atoms with E-state index in [1.54, 1.807) is 48.5 Å². The molecule has 8 heteroatoms. The molecule has 250 valence electrons. The molecule has 0 amide bonds. The summed E-state index contributed by atoms with van der Waals surface area (Å²) in [6, 6.07) is 34.5. The molecular weight excluding hydrogens is 649 g/mol. The number of nitrogens with one attached hydrogen (secondary N) is 2. The molecule has 0 aliphatic carbocycles. The van der Waals surface area contributed by atoms with Gasteiger partial charge < -0.3 is 30.4 Å². The summed E-state index contributed by atoms with van der Waals surface area (Å²) in [7, 11) is 0. The van der Waals surface area contributed by atoms with Crippen LogP contribution >= 0.6 is 0 Å². The van der Waals surface area contributed by atoms with E-state index in [9.17, 15) is 20.4 Å². The van der Waals surface area contributed by atoms with E-state index >= 15 is 0 Å². The summed E-state index contributed by atoms with van der Waals surface area (Å²) in [6.45, 7) is 0. The minimum Gasteiger partial charge on any atom is -0.872 e. The fourth-order valence-electron chi connectivity index (χ4n) is 6.91. The largest absolute Gasteiger partial charge is 0.872 e. The molecule has 0 spiro atoms. The van der Waals surface area contributed by atoms with Crippen LogP contribution in [0.15, 0.2) is 121 Å². The zero-order valence-corrected chi connectivity index (χ0v) is 27.4. The number of aromatic nitrogens is 4. The second-order valence-corrected chi connectivity index (χ2v) is 12.6. The van der Waals surface area contributed by atoms with Gasteiger partial charge in [0.05, 0.1) is 22.8 Å². The highest BCUT2D eigenvalue weighted by atomic mass is 16.3. The van der Waals surface area contributed by atoms with E-state index in [0.717, 1.165) is 66.6 Å². The molecule has 7 aromatic rings. The molecule has 0 radical (unpaired) electrons. The molecule has 0 fully saturated rings. The lowest BCUT2D eigenvalue weighted by Gasteiger charge is -2.10. The number of rotatable bonds is 4. The van der Waals surface area contributed by atoms with Crippen molar-refractivity contribution >= 4 is 46.4 Å². The van der Waals surface area contributed by atoms with Crippen LogP contribution in [0, 0.1) is 0 Å². The molecular formula is C44H26N4O4-4. The van der Waals surface area contributed by atoms with Gasteiger partial charge in [-0.1, -0.05) is 97.1 Å². The topological polar surface area (TPSA) is 150 Å². The van der Waals surface area contributed by atoms with Gasteiger partial charge in [-0.2, -0.15) is 0 Å². The molecule has 0 saturated carbocycles. The van der Waals surface area contributed by atoms with E-state index < -0.39 is 0 Å². The SMILES string of the molecule is [O-]c1ccc(-c2c3nc(c(-c4ccc([O-])cc4)c4ccc([nH]4)c(-c4ccc([O-])cc4)c4nc(c(-c5ccc([O-])cc5)c5ccc2[nH]5)C=C4)C=C3)cc1. The summed E-state index contributed by atoms with van der Waals surface area (Å²) in [6.07, 6.45) is 7.80. The van der Waals surface area contributed by atoms with Crippen LogP contribution < -0.4 is 20.4 Å². The maximum atomic E-state index is 12.2. The Kier molecular flexibility index (Phi) is 7.22. The summed E-state index contributed by atoms with van der Waals surface area (Å²) < 4.78 is 0. The number of benzene rings is 4. The van der Waals surface area contributed by atoms with Crippen molar-refractivity contribution in [3.8, 4) is 67.5 Å². The van der Waals surface area contributed by atoms with Crippen molar-refractivity contribution in [2.75, 3.05) is 0 Å². The highest BCUT2D eigenvalue weighted by molar-refractivity contribution is 5.99. The monoisotopic (exact) mass is 674 g/mol. The highest BCUT2D eigenvalue weighted by Crippen LogP contribution is 2.39. The molecule has 0 saturated heterocycles. The Hall–Kier alpha value is -7.32. The Bertz CT molecular complexity index is 2370. The molecule has 2 aliphatic heterocycles. The Balaban J connectivity index is 1.47. The van der Waals surface area contributed by atoms with Crippen molar-refractivity contribution in [3.05, 3.63) is 144 Å². The van der Waals surface area contributed by atoms with Gasteiger partial charge in [0, 0.05) is 44.3 Å². The molecule has 8 bridgehead atoms. The minimum atomic E-state index is -0.100. The molecule has 0 atom stereocenters. The van der Waals surface area contributed by atoms with E-state index in [4.69, 9.17) is 9.97 Å². The third-order valence-electron chi connectivity index (χ3n) is 9.33. The van der Waals surface area contributed by atoms with Crippen LogP contribution in [0.5, 0.6) is 23.0 Å². The number of aromatic amines is 2. The number of fused-ring (bicyclic) bond motifs is 8. The molecule has 4 aromatic carbocycles. The van der Waals surface area contributed by atoms with Crippen LogP contribution in [0.1, 0.15) is 22.8 Å². The third kappa shape index (κ3) is 5.45. The average Bonchev–Trinajstić information content (AvgIpc) is 3.99. The van der Waals surface area contributed by atoms with E-state index in [2.05, 4.69) is 9.97 Å². The molecule has 2 N–H and O–H groups in total. The quantitative estimate of drug-likeness (QED) is 0.196. The molecule has 2 aliphatic rings. The van der Waals surface area contributed by atoms with Crippen LogP contribution in [0.2, 0.25) is 0 Å². The molecule has 3 aromatic heterocycles. The fraction of sp³-hybridized carbons (Fsp3) is 0. The summed E-state index contributed by atoms with van der Waals surface area (Å²) >= 11 is 0. The van der Waals surface area contributed by atoms with Crippen molar-refractivity contribution in [2.24, 2.45) is 0 Å². The minimum absolute atomic E-state index is 0.100. The second-order valence-electron chi connectivity index (χ2n) is 12.6. The molecule has 0 unspecified atom stereocenters. The van der Waals surface area contributed by atoms with Crippen LogP contribution in [-0.4, -0.2) is 19.9 Å². The predicted molar refractivity (Wildman–Crippen MR) is 198 cm³/mol. The van der Waals surface area contributed by atoms with Gasteiger partial charge in [0.25, 0.3) is 0 Å². The molecule has 52 heavy (non-hydrogen) atoms. The standard InChI is InChI=1S/C44H30N4O4/c49-29-9-1-25(2-10-29)41-33-17-19-35(45-33)42(26-3-11-30(50)12-4-26)37-21-23-39(47-37)44(28-7-15-32(52)16-8-28)40-24-22-38(48-40)43(36-20-18-34(41)46-36)27-5-13-31(51)14-6-27/h1-24,45,48-52H/p-4. The van der Waals surface area contributed by atoms with Gasteiger partial charge in [-0.05, 0) is 70.8 Å². The maximum Gasteiger partial charge on any atom is 0.0737 e. The van der Waals surface area contributed by atoms with Crippen LogP contribution in [-0.2, 0) is 0 Å². The van der Waals surface area contributed by atoms with E-state index in [-0.39, 0.29) is 23.0 Å². The Morgan fingerprint density at radius 3 is 0.712 bits per heavy atom. The Morgan fingerprint density at radius 2 is 0.500 bits per heavy atom. The van der Waals surface area contributed by atoms with E-state index in [1.807, 2.05) is 48.6 Å². The third-order valence-corrected chi connectivity index (χ3v) is 9.33. The lowest BCUT2D eigenvalue weighted by Crippen LogP contribution is -1.92. The van der Waals surface area contributed by atoms with Crippen LogP contribution in [0.25, 0.3) is 90.9 Å². The van der Waals surface area contributed by atoms with Gasteiger partial charge >= 0.3 is 0 Å². The maximum absolute atomic E-state index is 12.2. The number of nitrogens with zero attached hydrogens (tertiary/aromatic N) is 2. The average molecular weight is 675 g/mol. The van der Waals surface area contributed by atoms with Gasteiger partial charge in [-0.3, -0.25) is 0 Å².